The third-order valence-corrected chi connectivity index (χ3v) is 7.42. The summed E-state index contributed by atoms with van der Waals surface area (Å²) in [7, 11) is 0. The summed E-state index contributed by atoms with van der Waals surface area (Å²) in [6.45, 7) is 3.91. The summed E-state index contributed by atoms with van der Waals surface area (Å²) in [6, 6.07) is 11.9. The number of hydrogen-bond acceptors (Lipinski definition) is 5. The first-order chi connectivity index (χ1) is 16.8. The van der Waals surface area contributed by atoms with Crippen molar-refractivity contribution in [2.24, 2.45) is 23.7 Å². The van der Waals surface area contributed by atoms with Crippen LogP contribution in [-0.2, 0) is 19.2 Å². The van der Waals surface area contributed by atoms with Gasteiger partial charge in [0.15, 0.2) is 0 Å². The second kappa shape index (κ2) is 8.96. The highest BCUT2D eigenvalue weighted by Gasteiger charge is 2.50. The summed E-state index contributed by atoms with van der Waals surface area (Å²) in [5.74, 6) is -2.07. The largest absolute Gasteiger partial charge is 0.426 e. The molecule has 2 aliphatic heterocycles. The molecule has 3 amide bonds. The second-order valence-electron chi connectivity index (χ2n) is 9.39. The molecule has 5 rings (SSSR count). The van der Waals surface area contributed by atoms with Crippen LogP contribution in [0.15, 0.2) is 54.6 Å². The van der Waals surface area contributed by atoms with E-state index in [-0.39, 0.29) is 48.4 Å². The molecule has 0 bridgehead atoms. The Balaban J connectivity index is 1.30. The number of aryl methyl sites for hydroxylation is 1. The molecule has 180 valence electrons. The molecule has 4 atom stereocenters. The molecule has 2 heterocycles. The molecule has 0 saturated carbocycles. The Morgan fingerprint density at radius 1 is 1.06 bits per heavy atom. The van der Waals surface area contributed by atoms with Crippen LogP contribution in [-0.4, -0.2) is 30.2 Å². The predicted octanol–water partition coefficient (Wildman–Crippen LogP) is 4.31. The Bertz CT molecular complexity index is 1270. The number of esters is 1. The van der Waals surface area contributed by atoms with Crippen LogP contribution in [0.2, 0.25) is 5.02 Å². The Morgan fingerprint density at radius 3 is 2.54 bits per heavy atom. The fraction of sp³-hybridized carbons (Fsp3) is 0.333. The number of ether oxygens (including phenoxy) is 1. The number of imide groups is 1. The van der Waals surface area contributed by atoms with Crippen LogP contribution in [0.25, 0.3) is 0 Å². The zero-order valence-electron chi connectivity index (χ0n) is 19.4. The van der Waals surface area contributed by atoms with E-state index in [1.807, 2.05) is 19.1 Å². The normalized spacial score (nSPS) is 25.9. The van der Waals surface area contributed by atoms with Gasteiger partial charge < -0.3 is 9.64 Å². The molecular weight excluding hydrogens is 468 g/mol. The summed E-state index contributed by atoms with van der Waals surface area (Å²) in [5.41, 5.74) is 1.72. The van der Waals surface area contributed by atoms with Gasteiger partial charge >= 0.3 is 5.97 Å². The maximum atomic E-state index is 13.1. The molecule has 0 spiro atoms. The number of anilines is 2. The van der Waals surface area contributed by atoms with Crippen LogP contribution >= 0.6 is 11.6 Å². The Kier molecular flexibility index (Phi) is 5.97. The van der Waals surface area contributed by atoms with Crippen molar-refractivity contribution in [1.82, 2.24) is 0 Å². The third-order valence-electron chi connectivity index (χ3n) is 7.10. The summed E-state index contributed by atoms with van der Waals surface area (Å²) in [5, 5.41) is 0.442. The van der Waals surface area contributed by atoms with E-state index in [0.717, 1.165) is 0 Å². The van der Waals surface area contributed by atoms with E-state index < -0.39 is 11.9 Å². The highest BCUT2D eigenvalue weighted by atomic mass is 35.5. The summed E-state index contributed by atoms with van der Waals surface area (Å²) < 4.78 is 5.58. The van der Waals surface area contributed by atoms with E-state index in [4.69, 9.17) is 16.3 Å². The van der Waals surface area contributed by atoms with Gasteiger partial charge in [0.2, 0.25) is 17.7 Å². The number of halogens is 1. The van der Waals surface area contributed by atoms with Crippen molar-refractivity contribution in [3.05, 3.63) is 65.2 Å². The van der Waals surface area contributed by atoms with E-state index in [1.165, 1.54) is 9.80 Å². The lowest BCUT2D eigenvalue weighted by Gasteiger charge is -2.22. The molecule has 35 heavy (non-hydrogen) atoms. The van der Waals surface area contributed by atoms with E-state index in [9.17, 15) is 19.2 Å². The minimum Gasteiger partial charge on any atom is -0.426 e. The average molecular weight is 493 g/mol. The van der Waals surface area contributed by atoms with E-state index in [0.29, 0.717) is 34.1 Å². The molecule has 7 nitrogen and oxygen atoms in total. The molecule has 2 aromatic carbocycles. The number of hydrogen-bond donors (Lipinski definition) is 0. The zero-order valence-corrected chi connectivity index (χ0v) is 20.2. The van der Waals surface area contributed by atoms with Crippen LogP contribution in [0.1, 0.15) is 25.3 Å². The zero-order chi connectivity index (χ0) is 24.9. The predicted molar refractivity (Wildman–Crippen MR) is 131 cm³/mol. The Labute approximate surface area is 208 Å². The second-order valence-corrected chi connectivity index (χ2v) is 9.80. The standard InChI is InChI=1S/C27H25ClN2O5/c1-15-6-5-7-19-24(15)26(33)30(25(19)32)21-11-10-18(12-16(21)2)35-27(34)17-13-23(31)29(14-17)22-9-4-3-8-20(22)28/h3-6,8-12,15,17,19,24H,7,13-14H2,1-2H3/t15-,17+,19+,24+/m0/s1. The van der Waals surface area contributed by atoms with E-state index >= 15 is 0 Å². The molecule has 0 N–H and O–H groups in total. The highest BCUT2D eigenvalue weighted by Crippen LogP contribution is 2.41. The number of para-hydroxylation sites is 1. The van der Waals surface area contributed by atoms with Gasteiger partial charge in [0.25, 0.3) is 0 Å². The molecule has 0 radical (unpaired) electrons. The van der Waals surface area contributed by atoms with Crippen molar-refractivity contribution in [3.8, 4) is 5.75 Å². The summed E-state index contributed by atoms with van der Waals surface area (Å²) in [6.07, 6.45) is 4.56. The smallest absolute Gasteiger partial charge is 0.316 e. The fourth-order valence-electron chi connectivity index (χ4n) is 5.30. The third kappa shape index (κ3) is 4.04. The molecule has 2 aromatic rings. The van der Waals surface area contributed by atoms with Gasteiger partial charge in [-0.15, -0.1) is 0 Å². The molecule has 3 aliphatic rings. The number of carbonyl (C=O) groups is 4. The number of nitrogens with zero attached hydrogens (tertiary/aromatic N) is 2. The minimum atomic E-state index is -0.627. The number of rotatable bonds is 4. The lowest BCUT2D eigenvalue weighted by atomic mass is 9.78. The summed E-state index contributed by atoms with van der Waals surface area (Å²) >= 11 is 6.22. The van der Waals surface area contributed by atoms with Crippen molar-refractivity contribution < 1.29 is 23.9 Å². The maximum Gasteiger partial charge on any atom is 0.316 e. The summed E-state index contributed by atoms with van der Waals surface area (Å²) in [4.78, 5) is 54.2. The van der Waals surface area contributed by atoms with Crippen LogP contribution < -0.4 is 14.5 Å². The number of amides is 3. The average Bonchev–Trinajstić information content (AvgIpc) is 3.33. The Hall–Kier alpha value is -3.45. The van der Waals surface area contributed by atoms with Crippen LogP contribution in [0.3, 0.4) is 0 Å². The lowest BCUT2D eigenvalue weighted by Crippen LogP contribution is -2.32. The SMILES string of the molecule is Cc1cc(OC(=O)[C@@H]2CC(=O)N(c3ccccc3Cl)C2)ccc1N1C(=O)[C@@H]2[C@@H](C)C=CC[C@H]2C1=O. The molecule has 2 fully saturated rings. The molecule has 0 unspecified atom stereocenters. The van der Waals surface area contributed by atoms with E-state index in [1.54, 1.807) is 49.4 Å². The number of benzene rings is 2. The van der Waals surface area contributed by atoms with Crippen LogP contribution in [0, 0.1) is 30.6 Å². The van der Waals surface area contributed by atoms with Crippen molar-refractivity contribution >= 4 is 46.7 Å². The topological polar surface area (TPSA) is 84.0 Å². The van der Waals surface area contributed by atoms with Gasteiger partial charge in [-0.1, -0.05) is 42.8 Å². The Morgan fingerprint density at radius 2 is 1.83 bits per heavy atom. The molecule has 1 aliphatic carbocycles. The van der Waals surface area contributed by atoms with Crippen molar-refractivity contribution in [2.45, 2.75) is 26.7 Å². The number of carbonyl (C=O) groups excluding carboxylic acids is 4. The van der Waals surface area contributed by atoms with E-state index in [2.05, 4.69) is 0 Å². The van der Waals surface area contributed by atoms with Gasteiger partial charge in [0.05, 0.1) is 34.2 Å². The molecular formula is C27H25ClN2O5. The quantitative estimate of drug-likeness (QED) is 0.275. The first kappa shape index (κ1) is 23.3. The number of fused-ring (bicyclic) bond motifs is 1. The fourth-order valence-corrected chi connectivity index (χ4v) is 5.53. The van der Waals surface area contributed by atoms with Gasteiger partial charge in [-0.25, -0.2) is 4.90 Å². The van der Waals surface area contributed by atoms with Gasteiger partial charge in [-0.3, -0.25) is 19.2 Å². The maximum absolute atomic E-state index is 13.1. The number of allylic oxidation sites excluding steroid dienone is 2. The lowest BCUT2D eigenvalue weighted by molar-refractivity contribution is -0.139. The first-order valence-corrected chi connectivity index (χ1v) is 12.1. The van der Waals surface area contributed by atoms with Crippen LogP contribution in [0.4, 0.5) is 11.4 Å². The van der Waals surface area contributed by atoms with Gasteiger partial charge in [0, 0.05) is 13.0 Å². The van der Waals surface area contributed by atoms with Crippen molar-refractivity contribution in [3.63, 3.8) is 0 Å². The highest BCUT2D eigenvalue weighted by molar-refractivity contribution is 6.34. The first-order valence-electron chi connectivity index (χ1n) is 11.7. The van der Waals surface area contributed by atoms with Crippen molar-refractivity contribution in [2.75, 3.05) is 16.3 Å². The molecule has 8 heteroatoms. The van der Waals surface area contributed by atoms with Crippen molar-refractivity contribution in [1.29, 1.82) is 0 Å². The minimum absolute atomic E-state index is 0.00943. The van der Waals surface area contributed by atoms with Gasteiger partial charge in [-0.2, -0.15) is 0 Å². The van der Waals surface area contributed by atoms with Gasteiger partial charge in [-0.05, 0) is 55.2 Å². The van der Waals surface area contributed by atoms with Gasteiger partial charge in [0.1, 0.15) is 5.75 Å². The van der Waals surface area contributed by atoms with Crippen LogP contribution in [0.5, 0.6) is 5.75 Å². The molecule has 2 saturated heterocycles. The molecule has 0 aromatic heterocycles. The monoisotopic (exact) mass is 492 g/mol.